The van der Waals surface area contributed by atoms with Crippen LogP contribution in [0.2, 0.25) is 0 Å². The van der Waals surface area contributed by atoms with Crippen molar-refractivity contribution in [1.82, 2.24) is 4.98 Å². The molecule has 3 rings (SSSR count). The Labute approximate surface area is 147 Å². The lowest BCUT2D eigenvalue weighted by Gasteiger charge is -2.05. The Morgan fingerprint density at radius 2 is 1.58 bits per heavy atom. The van der Waals surface area contributed by atoms with Crippen LogP contribution in [-0.4, -0.2) is 22.7 Å². The number of rotatable bonds is 5. The molecular weight excluding hydrogens is 340 g/mol. The van der Waals surface area contributed by atoms with Crippen LogP contribution in [0.15, 0.2) is 57.8 Å². The normalized spacial score (nSPS) is 10.2. The van der Waals surface area contributed by atoms with Crippen LogP contribution in [0.3, 0.4) is 0 Å². The SMILES string of the molecule is CC(=O)Nc1ccc(NC(=O)c2coc(NC(=O)c3ccco3)n2)cc1. The number of aromatic nitrogens is 1. The number of nitrogens with one attached hydrogen (secondary N) is 3. The van der Waals surface area contributed by atoms with Gasteiger partial charge in [0.05, 0.1) is 6.26 Å². The van der Waals surface area contributed by atoms with Gasteiger partial charge in [0.1, 0.15) is 6.26 Å². The molecule has 0 aliphatic carbocycles. The zero-order valence-electron chi connectivity index (χ0n) is 13.6. The number of amides is 3. The van der Waals surface area contributed by atoms with Crippen molar-refractivity contribution < 1.29 is 23.2 Å². The maximum atomic E-state index is 12.2. The summed E-state index contributed by atoms with van der Waals surface area (Å²) < 4.78 is 10.0. The first kappa shape index (κ1) is 17.0. The van der Waals surface area contributed by atoms with Gasteiger partial charge in [-0.2, -0.15) is 4.98 Å². The van der Waals surface area contributed by atoms with Crippen LogP contribution >= 0.6 is 0 Å². The molecule has 0 bridgehead atoms. The largest absolute Gasteiger partial charge is 0.459 e. The maximum Gasteiger partial charge on any atom is 0.302 e. The summed E-state index contributed by atoms with van der Waals surface area (Å²) in [5.41, 5.74) is 1.11. The van der Waals surface area contributed by atoms with Gasteiger partial charge in [0.25, 0.3) is 11.8 Å². The average Bonchev–Trinajstić information content (AvgIpc) is 3.27. The molecule has 3 amide bonds. The molecule has 0 saturated carbocycles. The summed E-state index contributed by atoms with van der Waals surface area (Å²) in [6.45, 7) is 1.41. The summed E-state index contributed by atoms with van der Waals surface area (Å²) in [5.74, 6) is -1.15. The van der Waals surface area contributed by atoms with E-state index < -0.39 is 11.8 Å². The van der Waals surface area contributed by atoms with Crippen LogP contribution < -0.4 is 16.0 Å². The molecule has 0 fully saturated rings. The highest BCUT2D eigenvalue weighted by atomic mass is 16.4. The molecule has 132 valence electrons. The van der Waals surface area contributed by atoms with E-state index in [2.05, 4.69) is 20.9 Å². The van der Waals surface area contributed by atoms with Gasteiger partial charge in [-0.25, -0.2) is 0 Å². The van der Waals surface area contributed by atoms with Crippen molar-refractivity contribution >= 4 is 35.1 Å². The molecule has 3 aromatic rings. The third-order valence-corrected chi connectivity index (χ3v) is 3.17. The molecule has 3 N–H and O–H groups in total. The fourth-order valence-electron chi connectivity index (χ4n) is 2.04. The monoisotopic (exact) mass is 354 g/mol. The van der Waals surface area contributed by atoms with Crippen LogP contribution in [0.25, 0.3) is 0 Å². The van der Waals surface area contributed by atoms with Gasteiger partial charge in [-0.1, -0.05) is 0 Å². The van der Waals surface area contributed by atoms with E-state index >= 15 is 0 Å². The van der Waals surface area contributed by atoms with Crippen molar-refractivity contribution in [3.63, 3.8) is 0 Å². The van der Waals surface area contributed by atoms with Gasteiger partial charge >= 0.3 is 6.01 Å². The number of hydrogen-bond donors (Lipinski definition) is 3. The van der Waals surface area contributed by atoms with Gasteiger partial charge in [0.2, 0.25) is 5.91 Å². The van der Waals surface area contributed by atoms with E-state index in [9.17, 15) is 14.4 Å². The lowest BCUT2D eigenvalue weighted by Crippen LogP contribution is -2.14. The van der Waals surface area contributed by atoms with Crippen LogP contribution in [0, 0.1) is 0 Å². The Hall–Kier alpha value is -3.88. The van der Waals surface area contributed by atoms with Crippen molar-refractivity contribution in [3.05, 3.63) is 60.4 Å². The number of anilines is 3. The van der Waals surface area contributed by atoms with E-state index in [-0.39, 0.29) is 23.4 Å². The lowest BCUT2D eigenvalue weighted by atomic mass is 10.2. The van der Waals surface area contributed by atoms with Crippen molar-refractivity contribution in [3.8, 4) is 0 Å². The molecule has 0 radical (unpaired) electrons. The van der Waals surface area contributed by atoms with Gasteiger partial charge in [-0.15, -0.1) is 0 Å². The van der Waals surface area contributed by atoms with Gasteiger partial charge in [-0.3, -0.25) is 19.7 Å². The first-order valence-corrected chi connectivity index (χ1v) is 7.50. The quantitative estimate of drug-likeness (QED) is 0.646. The average molecular weight is 354 g/mol. The number of carbonyl (C=O) groups excluding carboxylic acids is 3. The van der Waals surface area contributed by atoms with E-state index in [0.29, 0.717) is 11.4 Å². The molecule has 1 aromatic carbocycles. The fourth-order valence-corrected chi connectivity index (χ4v) is 2.04. The number of furan rings is 1. The summed E-state index contributed by atoms with van der Waals surface area (Å²) in [5, 5.41) is 7.63. The van der Waals surface area contributed by atoms with E-state index in [1.54, 1.807) is 30.3 Å². The first-order chi connectivity index (χ1) is 12.5. The fraction of sp³-hybridized carbons (Fsp3) is 0.0588. The Kier molecular flexibility index (Phi) is 4.79. The second kappa shape index (κ2) is 7.34. The van der Waals surface area contributed by atoms with Gasteiger partial charge in [0.15, 0.2) is 11.5 Å². The highest BCUT2D eigenvalue weighted by Crippen LogP contribution is 2.16. The molecule has 2 aromatic heterocycles. The van der Waals surface area contributed by atoms with Crippen molar-refractivity contribution in [2.24, 2.45) is 0 Å². The third kappa shape index (κ3) is 4.15. The Bertz CT molecular complexity index is 928. The zero-order valence-corrected chi connectivity index (χ0v) is 13.6. The van der Waals surface area contributed by atoms with Gasteiger partial charge in [0, 0.05) is 18.3 Å². The summed E-state index contributed by atoms with van der Waals surface area (Å²) in [6.07, 6.45) is 2.49. The second-order valence-electron chi connectivity index (χ2n) is 5.18. The summed E-state index contributed by atoms with van der Waals surface area (Å²) in [4.78, 5) is 38.9. The third-order valence-electron chi connectivity index (χ3n) is 3.17. The number of nitrogens with zero attached hydrogens (tertiary/aromatic N) is 1. The maximum absolute atomic E-state index is 12.2. The molecule has 9 heteroatoms. The van der Waals surface area contributed by atoms with Crippen LogP contribution in [-0.2, 0) is 4.79 Å². The standard InChI is InChI=1S/C17H14N4O5/c1-10(22)18-11-4-6-12(7-5-11)19-15(23)13-9-26-17(20-13)21-16(24)14-3-2-8-25-14/h2-9H,1H3,(H,18,22)(H,19,23)(H,20,21,24). The summed E-state index contributed by atoms with van der Waals surface area (Å²) >= 11 is 0. The summed E-state index contributed by atoms with van der Waals surface area (Å²) in [7, 11) is 0. The van der Waals surface area contributed by atoms with E-state index in [1.807, 2.05) is 0 Å². The molecule has 0 atom stereocenters. The molecule has 0 spiro atoms. The minimum Gasteiger partial charge on any atom is -0.459 e. The number of benzene rings is 1. The number of hydrogen-bond acceptors (Lipinski definition) is 6. The molecule has 26 heavy (non-hydrogen) atoms. The predicted molar refractivity (Wildman–Crippen MR) is 91.9 cm³/mol. The van der Waals surface area contributed by atoms with Crippen LogP contribution in [0.4, 0.5) is 17.4 Å². The molecule has 0 aliphatic rings. The molecule has 2 heterocycles. The lowest BCUT2D eigenvalue weighted by molar-refractivity contribution is -0.114. The zero-order chi connectivity index (χ0) is 18.5. The topological polar surface area (TPSA) is 126 Å². The van der Waals surface area contributed by atoms with Gasteiger partial charge < -0.3 is 19.5 Å². The molecular formula is C17H14N4O5. The first-order valence-electron chi connectivity index (χ1n) is 7.50. The number of carbonyl (C=O) groups is 3. The van der Waals surface area contributed by atoms with E-state index in [0.717, 1.165) is 6.26 Å². The summed E-state index contributed by atoms with van der Waals surface area (Å²) in [6, 6.07) is 9.48. The molecule has 0 aliphatic heterocycles. The smallest absolute Gasteiger partial charge is 0.302 e. The molecule has 0 unspecified atom stereocenters. The molecule has 9 nitrogen and oxygen atoms in total. The van der Waals surface area contributed by atoms with E-state index in [4.69, 9.17) is 8.83 Å². The highest BCUT2D eigenvalue weighted by molar-refractivity contribution is 6.04. The van der Waals surface area contributed by atoms with Crippen molar-refractivity contribution in [2.75, 3.05) is 16.0 Å². The highest BCUT2D eigenvalue weighted by Gasteiger charge is 2.16. The van der Waals surface area contributed by atoms with Crippen LogP contribution in [0.5, 0.6) is 0 Å². The minimum atomic E-state index is -0.544. The number of oxazole rings is 1. The second-order valence-corrected chi connectivity index (χ2v) is 5.18. The minimum absolute atomic E-state index is 0.00863. The molecule has 0 saturated heterocycles. The van der Waals surface area contributed by atoms with Gasteiger partial charge in [-0.05, 0) is 36.4 Å². The predicted octanol–water partition coefficient (Wildman–Crippen LogP) is 2.73. The Morgan fingerprint density at radius 1 is 0.885 bits per heavy atom. The Morgan fingerprint density at radius 3 is 2.19 bits per heavy atom. The van der Waals surface area contributed by atoms with Crippen LogP contribution in [0.1, 0.15) is 28.0 Å². The van der Waals surface area contributed by atoms with E-state index in [1.165, 1.54) is 19.3 Å². The van der Waals surface area contributed by atoms with Crippen molar-refractivity contribution in [1.29, 1.82) is 0 Å². The van der Waals surface area contributed by atoms with Crippen molar-refractivity contribution in [2.45, 2.75) is 6.92 Å². The Balaban J connectivity index is 1.61.